The predicted molar refractivity (Wildman–Crippen MR) is 127 cm³/mol. The first-order valence-corrected chi connectivity index (χ1v) is 10.4. The van der Waals surface area contributed by atoms with Crippen molar-refractivity contribution >= 4 is 56.0 Å². The number of aliphatic hydroxyl groups is 1. The molecule has 0 fully saturated rings. The number of hydrogen-bond acceptors (Lipinski definition) is 3. The van der Waals surface area contributed by atoms with Crippen LogP contribution in [-0.2, 0) is 4.74 Å². The molecule has 149 valence electrons. The molecule has 0 aliphatic carbocycles. The van der Waals surface area contributed by atoms with E-state index < -0.39 is 11.2 Å². The maximum Gasteiger partial charge on any atom is 0.186 e. The molecule has 0 atom stereocenters. The molecule has 4 aromatic carbocycles. The lowest BCUT2D eigenvalue weighted by Crippen LogP contribution is -2.48. The van der Waals surface area contributed by atoms with E-state index in [4.69, 9.17) is 4.74 Å². The van der Waals surface area contributed by atoms with Gasteiger partial charge in [0.1, 0.15) is 0 Å². The van der Waals surface area contributed by atoms with Crippen molar-refractivity contribution in [3.63, 3.8) is 0 Å². The number of aromatic nitrogens is 1. The van der Waals surface area contributed by atoms with E-state index in [-0.39, 0.29) is 0 Å². The molecule has 1 radical (unpaired) electrons. The van der Waals surface area contributed by atoms with Crippen LogP contribution in [0, 0.1) is 0 Å². The number of pyridine rings is 1. The average Bonchev–Trinajstić information content (AvgIpc) is 2.71. The van der Waals surface area contributed by atoms with Crippen LogP contribution >= 0.6 is 0 Å². The SMILES string of the molecule is CC(C)(O)C(C)(C)OC[B]c1ccc2ccc3c4ncccc4cc4ccc1c2c43. The van der Waals surface area contributed by atoms with Gasteiger partial charge < -0.3 is 9.84 Å². The van der Waals surface area contributed by atoms with Gasteiger partial charge in [0.2, 0.25) is 0 Å². The van der Waals surface area contributed by atoms with Gasteiger partial charge in [0.05, 0.1) is 16.7 Å². The molecular weight excluding hydrogens is 369 g/mol. The monoisotopic (exact) mass is 394 g/mol. The second-order valence-corrected chi connectivity index (χ2v) is 9.11. The summed E-state index contributed by atoms with van der Waals surface area (Å²) >= 11 is 0. The number of rotatable bonds is 5. The Bertz CT molecular complexity index is 1380. The summed E-state index contributed by atoms with van der Waals surface area (Å²) in [4.78, 5) is 4.66. The van der Waals surface area contributed by atoms with E-state index in [1.165, 1.54) is 32.3 Å². The zero-order valence-corrected chi connectivity index (χ0v) is 17.9. The number of ether oxygens (including phenoxy) is 1. The molecular formula is C26H25BNO2. The van der Waals surface area contributed by atoms with E-state index in [2.05, 4.69) is 60.8 Å². The van der Waals surface area contributed by atoms with Crippen molar-refractivity contribution in [1.29, 1.82) is 0 Å². The Labute approximate surface area is 177 Å². The minimum atomic E-state index is -0.919. The Morgan fingerprint density at radius 1 is 0.867 bits per heavy atom. The zero-order valence-electron chi connectivity index (χ0n) is 17.9. The fraction of sp³-hybridized carbons (Fsp3) is 0.269. The summed E-state index contributed by atoms with van der Waals surface area (Å²) in [7, 11) is 2.11. The Kier molecular flexibility index (Phi) is 4.28. The van der Waals surface area contributed by atoms with Crippen molar-refractivity contribution in [3.05, 3.63) is 60.8 Å². The lowest BCUT2D eigenvalue weighted by molar-refractivity contribution is -0.135. The Morgan fingerprint density at radius 3 is 2.37 bits per heavy atom. The summed E-state index contributed by atoms with van der Waals surface area (Å²) < 4.78 is 6.03. The molecule has 0 saturated heterocycles. The van der Waals surface area contributed by atoms with Crippen molar-refractivity contribution in [2.24, 2.45) is 0 Å². The summed E-state index contributed by atoms with van der Waals surface area (Å²) in [5.41, 5.74) is 0.628. The first-order valence-electron chi connectivity index (χ1n) is 10.4. The lowest BCUT2D eigenvalue weighted by Gasteiger charge is -2.37. The third-order valence-electron chi connectivity index (χ3n) is 6.60. The molecule has 0 spiro atoms. The zero-order chi connectivity index (χ0) is 21.1. The number of nitrogens with zero attached hydrogens (tertiary/aromatic N) is 1. The maximum absolute atomic E-state index is 10.3. The van der Waals surface area contributed by atoms with Gasteiger partial charge in [0.25, 0.3) is 0 Å². The molecule has 1 N–H and O–H groups in total. The highest BCUT2D eigenvalue weighted by Gasteiger charge is 2.35. The van der Waals surface area contributed by atoms with Crippen LogP contribution in [0.2, 0.25) is 0 Å². The van der Waals surface area contributed by atoms with E-state index >= 15 is 0 Å². The third kappa shape index (κ3) is 2.94. The molecule has 5 aromatic rings. The largest absolute Gasteiger partial charge is 0.387 e. The summed E-state index contributed by atoms with van der Waals surface area (Å²) in [5.74, 6) is 0. The van der Waals surface area contributed by atoms with Crippen LogP contribution in [0.4, 0.5) is 0 Å². The van der Waals surface area contributed by atoms with Crippen LogP contribution in [0.3, 0.4) is 0 Å². The minimum Gasteiger partial charge on any atom is -0.387 e. The van der Waals surface area contributed by atoms with Gasteiger partial charge >= 0.3 is 0 Å². The van der Waals surface area contributed by atoms with Gasteiger partial charge in [0.15, 0.2) is 7.28 Å². The molecule has 1 aromatic heterocycles. The van der Waals surface area contributed by atoms with Gasteiger partial charge in [0, 0.05) is 23.5 Å². The van der Waals surface area contributed by atoms with Crippen molar-refractivity contribution in [1.82, 2.24) is 4.98 Å². The smallest absolute Gasteiger partial charge is 0.186 e. The first kappa shape index (κ1) is 19.3. The quantitative estimate of drug-likeness (QED) is 0.260. The van der Waals surface area contributed by atoms with Crippen LogP contribution in [0.5, 0.6) is 0 Å². The van der Waals surface area contributed by atoms with E-state index in [0.717, 1.165) is 16.4 Å². The van der Waals surface area contributed by atoms with Crippen LogP contribution in [0.25, 0.3) is 43.2 Å². The number of fused-ring (bicyclic) bond motifs is 2. The van der Waals surface area contributed by atoms with Crippen molar-refractivity contribution < 1.29 is 9.84 Å². The molecule has 4 heteroatoms. The normalized spacial score (nSPS) is 13.1. The van der Waals surface area contributed by atoms with Gasteiger partial charge in [-0.3, -0.25) is 4.98 Å². The molecule has 0 bridgehead atoms. The molecule has 0 amide bonds. The maximum atomic E-state index is 10.3. The molecule has 0 aliphatic heterocycles. The second-order valence-electron chi connectivity index (χ2n) is 9.11. The van der Waals surface area contributed by atoms with Crippen molar-refractivity contribution in [2.75, 3.05) is 6.51 Å². The Balaban J connectivity index is 1.62. The van der Waals surface area contributed by atoms with Gasteiger partial charge in [-0.25, -0.2) is 0 Å². The van der Waals surface area contributed by atoms with E-state index in [0.29, 0.717) is 6.51 Å². The average molecular weight is 394 g/mol. The van der Waals surface area contributed by atoms with Crippen LogP contribution < -0.4 is 5.46 Å². The van der Waals surface area contributed by atoms with Crippen LogP contribution in [0.15, 0.2) is 60.8 Å². The highest BCUT2D eigenvalue weighted by atomic mass is 16.5. The second kappa shape index (κ2) is 6.66. The summed E-state index contributed by atoms with van der Waals surface area (Å²) in [6.07, 6.45) is 1.86. The number of hydrogen-bond donors (Lipinski definition) is 1. The number of benzene rings is 4. The standard InChI is InChI=1S/C26H25BNO2/c1-25(2,29)26(3,4)30-15-27-21-12-9-16-7-11-20-23-17(8-10-19(21)22(16)23)14-18-6-5-13-28-24(18)20/h5-14,29H,15H2,1-4H3. The van der Waals surface area contributed by atoms with Gasteiger partial charge in [-0.1, -0.05) is 47.9 Å². The Hall–Kier alpha value is -2.69. The van der Waals surface area contributed by atoms with Gasteiger partial charge in [-0.05, 0) is 66.8 Å². The molecule has 1 heterocycles. The van der Waals surface area contributed by atoms with Crippen molar-refractivity contribution in [2.45, 2.75) is 38.9 Å². The molecule has 0 unspecified atom stereocenters. The van der Waals surface area contributed by atoms with E-state index in [9.17, 15) is 5.11 Å². The third-order valence-corrected chi connectivity index (χ3v) is 6.60. The minimum absolute atomic E-state index is 0.436. The summed E-state index contributed by atoms with van der Waals surface area (Å²) in [6.45, 7) is 7.83. The van der Waals surface area contributed by atoms with Gasteiger partial charge in [-0.2, -0.15) is 0 Å². The van der Waals surface area contributed by atoms with Crippen LogP contribution in [0.1, 0.15) is 27.7 Å². The van der Waals surface area contributed by atoms with Gasteiger partial charge in [-0.15, -0.1) is 0 Å². The molecule has 5 rings (SSSR count). The molecule has 0 saturated carbocycles. The molecule has 30 heavy (non-hydrogen) atoms. The highest BCUT2D eigenvalue weighted by Crippen LogP contribution is 2.37. The Morgan fingerprint density at radius 2 is 1.57 bits per heavy atom. The fourth-order valence-corrected chi connectivity index (χ4v) is 4.14. The fourth-order valence-electron chi connectivity index (χ4n) is 4.14. The summed E-state index contributed by atoms with van der Waals surface area (Å²) in [6, 6.07) is 19.5. The predicted octanol–water partition coefficient (Wildman–Crippen LogP) is 4.99. The topological polar surface area (TPSA) is 42.4 Å². The van der Waals surface area contributed by atoms with E-state index in [1.54, 1.807) is 13.8 Å². The lowest BCUT2D eigenvalue weighted by atomic mass is 9.68. The van der Waals surface area contributed by atoms with Crippen LogP contribution in [-0.4, -0.2) is 35.1 Å². The van der Waals surface area contributed by atoms with E-state index in [1.807, 2.05) is 26.1 Å². The summed E-state index contributed by atoms with van der Waals surface area (Å²) in [5, 5.41) is 18.9. The first-order chi connectivity index (χ1) is 14.3. The van der Waals surface area contributed by atoms with Crippen molar-refractivity contribution in [3.8, 4) is 0 Å². The molecule has 3 nitrogen and oxygen atoms in total. The molecule has 0 aliphatic rings. The highest BCUT2D eigenvalue weighted by molar-refractivity contribution is 6.58.